The van der Waals surface area contributed by atoms with E-state index in [1.165, 1.54) is 30.4 Å². The molecule has 1 aliphatic carbocycles. The molecule has 1 saturated carbocycles. The normalized spacial score (nSPS) is 18.9. The third-order valence-electron chi connectivity index (χ3n) is 1.80. The van der Waals surface area contributed by atoms with E-state index < -0.39 is 0 Å². The minimum absolute atomic E-state index is 1.00. The van der Waals surface area contributed by atoms with Gasteiger partial charge in [-0.2, -0.15) is 0 Å². The number of aliphatic hydroxyl groups excluding tert-OH is 1. The lowest BCUT2D eigenvalue weighted by Crippen LogP contribution is -1.76. The van der Waals surface area contributed by atoms with E-state index in [4.69, 9.17) is 5.11 Å². The highest BCUT2D eigenvalue weighted by Crippen LogP contribution is 2.29. The third kappa shape index (κ3) is 3.54. The lowest BCUT2D eigenvalue weighted by molar-refractivity contribution is 0.399. The summed E-state index contributed by atoms with van der Waals surface area (Å²) in [6.07, 6.45) is 5.80. The second kappa shape index (κ2) is 5.78. The first-order chi connectivity index (χ1) is 5.70. The average molecular weight is 166 g/mol. The Bertz CT molecular complexity index is 199. The molecule has 0 aliphatic heterocycles. The highest BCUT2D eigenvalue weighted by molar-refractivity contribution is 5.36. The largest absolute Gasteiger partial charge is 0.400 e. The van der Waals surface area contributed by atoms with Crippen molar-refractivity contribution in [1.82, 2.24) is 0 Å². The molecule has 1 aliphatic rings. The van der Waals surface area contributed by atoms with E-state index in [9.17, 15) is 0 Å². The molecule has 0 bridgehead atoms. The van der Waals surface area contributed by atoms with Gasteiger partial charge in [-0.25, -0.2) is 0 Å². The molecule has 1 nitrogen and oxygen atoms in total. The van der Waals surface area contributed by atoms with Gasteiger partial charge in [0.15, 0.2) is 0 Å². The van der Waals surface area contributed by atoms with E-state index >= 15 is 0 Å². The minimum Gasteiger partial charge on any atom is -0.400 e. The summed E-state index contributed by atoms with van der Waals surface area (Å²) in [6.45, 7) is 9.84. The van der Waals surface area contributed by atoms with Crippen molar-refractivity contribution in [3.8, 4) is 0 Å². The molecule has 1 N–H and O–H groups in total. The van der Waals surface area contributed by atoms with Crippen LogP contribution in [-0.2, 0) is 0 Å². The standard InChI is InChI=1S/C10H14.CH4O/c1-8(2)7-10-6-4-5-9(10)3;1-2/h7H,1,3-6H2,2H3;2H,1H3/b10-7-;. The van der Waals surface area contributed by atoms with Crippen LogP contribution in [0.2, 0.25) is 0 Å². The van der Waals surface area contributed by atoms with E-state index in [-0.39, 0.29) is 0 Å². The van der Waals surface area contributed by atoms with Gasteiger partial charge in [-0.1, -0.05) is 30.4 Å². The molecule has 0 amide bonds. The fourth-order valence-electron chi connectivity index (χ4n) is 1.30. The van der Waals surface area contributed by atoms with Crippen molar-refractivity contribution in [3.63, 3.8) is 0 Å². The molecule has 0 aromatic carbocycles. The fraction of sp³-hybridized carbons (Fsp3) is 0.455. The van der Waals surface area contributed by atoms with Gasteiger partial charge >= 0.3 is 0 Å². The zero-order valence-corrected chi connectivity index (χ0v) is 8.06. The van der Waals surface area contributed by atoms with Crippen molar-refractivity contribution in [1.29, 1.82) is 0 Å². The number of rotatable bonds is 1. The maximum Gasteiger partial charge on any atom is 0.0319 e. The number of allylic oxidation sites excluding steroid dienone is 4. The Kier molecular flexibility index (Phi) is 5.39. The summed E-state index contributed by atoms with van der Waals surface area (Å²) >= 11 is 0. The predicted octanol–water partition coefficient (Wildman–Crippen LogP) is 2.84. The van der Waals surface area contributed by atoms with Crippen LogP contribution < -0.4 is 0 Å². The molecule has 0 saturated heterocycles. The first-order valence-corrected chi connectivity index (χ1v) is 4.19. The summed E-state index contributed by atoms with van der Waals surface area (Å²) in [5, 5.41) is 7.00. The molecule has 0 radical (unpaired) electrons. The van der Waals surface area contributed by atoms with Crippen LogP contribution >= 0.6 is 0 Å². The van der Waals surface area contributed by atoms with E-state index in [1.807, 2.05) is 6.92 Å². The molecule has 0 aromatic rings. The SMILES string of the molecule is C=C(C)/C=C1/CCCC1=C.CO. The Morgan fingerprint density at radius 1 is 1.42 bits per heavy atom. The molecule has 0 aromatic heterocycles. The first kappa shape index (κ1) is 11.2. The van der Waals surface area contributed by atoms with Crippen LogP contribution in [0.25, 0.3) is 0 Å². The number of hydrogen-bond donors (Lipinski definition) is 1. The van der Waals surface area contributed by atoms with Gasteiger partial charge in [-0.15, -0.1) is 0 Å². The van der Waals surface area contributed by atoms with E-state index in [0.29, 0.717) is 0 Å². The van der Waals surface area contributed by atoms with Gasteiger partial charge in [0.2, 0.25) is 0 Å². The zero-order chi connectivity index (χ0) is 9.56. The monoisotopic (exact) mass is 166 g/mol. The molecule has 1 fully saturated rings. The minimum atomic E-state index is 1.00. The quantitative estimate of drug-likeness (QED) is 0.635. The number of hydrogen-bond acceptors (Lipinski definition) is 1. The number of aliphatic hydroxyl groups is 1. The summed E-state index contributed by atoms with van der Waals surface area (Å²) in [7, 11) is 1.00. The van der Waals surface area contributed by atoms with Crippen molar-refractivity contribution >= 4 is 0 Å². The summed E-state index contributed by atoms with van der Waals surface area (Å²) in [5.74, 6) is 0. The molecule has 0 heterocycles. The molecule has 0 spiro atoms. The first-order valence-electron chi connectivity index (χ1n) is 4.19. The topological polar surface area (TPSA) is 20.2 Å². The maximum absolute atomic E-state index is 7.00. The summed E-state index contributed by atoms with van der Waals surface area (Å²) in [6, 6.07) is 0. The smallest absolute Gasteiger partial charge is 0.0319 e. The summed E-state index contributed by atoms with van der Waals surface area (Å²) in [5.41, 5.74) is 3.86. The van der Waals surface area contributed by atoms with Gasteiger partial charge in [0.25, 0.3) is 0 Å². The van der Waals surface area contributed by atoms with Crippen LogP contribution in [0, 0.1) is 0 Å². The molecular weight excluding hydrogens is 148 g/mol. The summed E-state index contributed by atoms with van der Waals surface area (Å²) in [4.78, 5) is 0. The van der Waals surface area contributed by atoms with Gasteiger partial charge in [0.05, 0.1) is 0 Å². The van der Waals surface area contributed by atoms with E-state index in [0.717, 1.165) is 12.7 Å². The molecule has 68 valence electrons. The predicted molar refractivity (Wildman–Crippen MR) is 54.0 cm³/mol. The van der Waals surface area contributed by atoms with Crippen LogP contribution in [0.15, 0.2) is 36.0 Å². The van der Waals surface area contributed by atoms with Crippen molar-refractivity contribution in [2.75, 3.05) is 7.11 Å². The Balaban J connectivity index is 0.000000561. The lowest BCUT2D eigenvalue weighted by Gasteiger charge is -1.96. The maximum atomic E-state index is 7.00. The van der Waals surface area contributed by atoms with Crippen molar-refractivity contribution in [2.24, 2.45) is 0 Å². The Morgan fingerprint density at radius 3 is 2.33 bits per heavy atom. The molecule has 0 atom stereocenters. The van der Waals surface area contributed by atoms with Crippen molar-refractivity contribution < 1.29 is 5.11 Å². The Morgan fingerprint density at radius 2 is 2.00 bits per heavy atom. The lowest BCUT2D eigenvalue weighted by atomic mass is 10.1. The molecule has 1 rings (SSSR count). The van der Waals surface area contributed by atoms with Gasteiger partial charge < -0.3 is 5.11 Å². The van der Waals surface area contributed by atoms with Crippen LogP contribution in [0.5, 0.6) is 0 Å². The van der Waals surface area contributed by atoms with Gasteiger partial charge in [-0.3, -0.25) is 0 Å². The molecular formula is C11H18O. The molecule has 0 unspecified atom stereocenters. The van der Waals surface area contributed by atoms with Crippen LogP contribution in [0.4, 0.5) is 0 Å². The fourth-order valence-corrected chi connectivity index (χ4v) is 1.30. The van der Waals surface area contributed by atoms with E-state index in [1.54, 1.807) is 0 Å². The molecule has 1 heteroatoms. The summed E-state index contributed by atoms with van der Waals surface area (Å²) < 4.78 is 0. The Hall–Kier alpha value is -0.820. The van der Waals surface area contributed by atoms with E-state index in [2.05, 4.69) is 19.2 Å². The van der Waals surface area contributed by atoms with Crippen LogP contribution in [-0.4, -0.2) is 12.2 Å². The highest BCUT2D eigenvalue weighted by atomic mass is 16.2. The third-order valence-corrected chi connectivity index (χ3v) is 1.80. The van der Waals surface area contributed by atoms with Gasteiger partial charge in [0, 0.05) is 7.11 Å². The van der Waals surface area contributed by atoms with Crippen molar-refractivity contribution in [2.45, 2.75) is 26.2 Å². The second-order valence-corrected chi connectivity index (χ2v) is 2.97. The van der Waals surface area contributed by atoms with Gasteiger partial charge in [0.1, 0.15) is 0 Å². The van der Waals surface area contributed by atoms with Crippen LogP contribution in [0.1, 0.15) is 26.2 Å². The molecule has 12 heavy (non-hydrogen) atoms. The van der Waals surface area contributed by atoms with Gasteiger partial charge in [-0.05, 0) is 31.8 Å². The second-order valence-electron chi connectivity index (χ2n) is 2.97. The Labute approximate surface area is 75.1 Å². The van der Waals surface area contributed by atoms with Crippen molar-refractivity contribution in [3.05, 3.63) is 36.0 Å². The zero-order valence-electron chi connectivity index (χ0n) is 8.06. The average Bonchev–Trinajstić information content (AvgIpc) is 2.40. The highest BCUT2D eigenvalue weighted by Gasteiger charge is 2.09. The van der Waals surface area contributed by atoms with Crippen LogP contribution in [0.3, 0.4) is 0 Å².